The van der Waals surface area contributed by atoms with Gasteiger partial charge in [-0.15, -0.1) is 0 Å². The molecule has 0 bridgehead atoms. The molecule has 0 spiro atoms. The van der Waals surface area contributed by atoms with Gasteiger partial charge in [0.2, 0.25) is 0 Å². The Morgan fingerprint density at radius 3 is 2.46 bits per heavy atom. The average Bonchev–Trinajstić information content (AvgIpc) is 2.65. The van der Waals surface area contributed by atoms with Crippen LogP contribution in [0.3, 0.4) is 0 Å². The summed E-state index contributed by atoms with van der Waals surface area (Å²) in [5.74, 6) is 5.15. The van der Waals surface area contributed by atoms with Gasteiger partial charge in [0.15, 0.2) is 0 Å². The number of esters is 1. The summed E-state index contributed by atoms with van der Waals surface area (Å²) in [6.45, 7) is 5.35. The van der Waals surface area contributed by atoms with Gasteiger partial charge >= 0.3 is 12.1 Å². The fourth-order valence-electron chi connectivity index (χ4n) is 2.15. The van der Waals surface area contributed by atoms with Crippen molar-refractivity contribution < 1.29 is 19.1 Å². The van der Waals surface area contributed by atoms with Crippen molar-refractivity contribution in [2.24, 2.45) is 0 Å². The summed E-state index contributed by atoms with van der Waals surface area (Å²) in [4.78, 5) is 28.7. The van der Waals surface area contributed by atoms with E-state index >= 15 is 0 Å². The standard InChI is InChI=1S/C22H24N2O4/c1-22(2,3)28-21(26)24-19(14-9-13-18-12-7-8-15-23-18)20(25)27-16-17-10-5-4-6-11-17/h4-8,10-12,15,19H,14,16H2,1-3H3,(H,24,26). The monoisotopic (exact) mass is 380 g/mol. The summed E-state index contributed by atoms with van der Waals surface area (Å²) >= 11 is 0. The minimum absolute atomic E-state index is 0.0729. The molecule has 0 saturated heterocycles. The molecular formula is C22H24N2O4. The number of carbonyl (C=O) groups is 2. The summed E-state index contributed by atoms with van der Waals surface area (Å²) in [6.07, 6.45) is 1.01. The first kappa shape index (κ1) is 21.0. The van der Waals surface area contributed by atoms with Gasteiger partial charge in [-0.1, -0.05) is 42.3 Å². The highest BCUT2D eigenvalue weighted by atomic mass is 16.6. The van der Waals surface area contributed by atoms with E-state index in [1.54, 1.807) is 39.1 Å². The third kappa shape index (κ3) is 7.92. The lowest BCUT2D eigenvalue weighted by atomic mass is 10.2. The van der Waals surface area contributed by atoms with Crippen molar-refractivity contribution in [2.75, 3.05) is 0 Å². The molecule has 6 heteroatoms. The van der Waals surface area contributed by atoms with E-state index in [2.05, 4.69) is 22.1 Å². The molecule has 1 heterocycles. The van der Waals surface area contributed by atoms with E-state index in [9.17, 15) is 9.59 Å². The molecule has 0 radical (unpaired) electrons. The predicted molar refractivity (Wildman–Crippen MR) is 105 cm³/mol. The average molecular weight is 380 g/mol. The Balaban J connectivity index is 2.02. The summed E-state index contributed by atoms with van der Waals surface area (Å²) < 4.78 is 10.6. The maximum Gasteiger partial charge on any atom is 0.408 e. The van der Waals surface area contributed by atoms with Crippen LogP contribution in [0.5, 0.6) is 0 Å². The Morgan fingerprint density at radius 1 is 1.11 bits per heavy atom. The Morgan fingerprint density at radius 2 is 1.82 bits per heavy atom. The molecule has 0 aliphatic heterocycles. The fourth-order valence-corrected chi connectivity index (χ4v) is 2.15. The summed E-state index contributed by atoms with van der Waals surface area (Å²) in [5.41, 5.74) is 0.755. The van der Waals surface area contributed by atoms with Gasteiger partial charge in [0.05, 0.1) is 0 Å². The molecule has 1 N–H and O–H groups in total. The van der Waals surface area contributed by atoms with Crippen LogP contribution in [-0.4, -0.2) is 28.7 Å². The Labute approximate surface area is 165 Å². The zero-order valence-electron chi connectivity index (χ0n) is 16.3. The van der Waals surface area contributed by atoms with Crippen LogP contribution >= 0.6 is 0 Å². The molecule has 0 saturated carbocycles. The van der Waals surface area contributed by atoms with Gasteiger partial charge in [-0.2, -0.15) is 0 Å². The van der Waals surface area contributed by atoms with E-state index in [1.165, 1.54) is 0 Å². The molecule has 146 valence electrons. The second kappa shape index (κ2) is 10.1. The summed E-state index contributed by atoms with van der Waals surface area (Å²) in [6, 6.07) is 13.7. The highest BCUT2D eigenvalue weighted by Gasteiger charge is 2.25. The molecule has 28 heavy (non-hydrogen) atoms. The molecule has 0 aliphatic rings. The molecule has 1 atom stereocenters. The molecule has 0 aliphatic carbocycles. The van der Waals surface area contributed by atoms with Gasteiger partial charge in [0, 0.05) is 12.6 Å². The van der Waals surface area contributed by atoms with Gasteiger partial charge in [-0.3, -0.25) is 0 Å². The largest absolute Gasteiger partial charge is 0.459 e. The summed E-state index contributed by atoms with van der Waals surface area (Å²) in [7, 11) is 0. The number of alkyl carbamates (subject to hydrolysis) is 1. The number of nitrogens with zero attached hydrogens (tertiary/aromatic N) is 1. The molecule has 2 aromatic rings. The van der Waals surface area contributed by atoms with Gasteiger partial charge in [0.25, 0.3) is 0 Å². The number of carbonyl (C=O) groups excluding carboxylic acids is 2. The van der Waals surface area contributed by atoms with Crippen molar-refractivity contribution in [2.45, 2.75) is 45.4 Å². The second-order valence-corrected chi connectivity index (χ2v) is 7.01. The molecule has 0 fully saturated rings. The smallest absolute Gasteiger partial charge is 0.408 e. The first-order valence-electron chi connectivity index (χ1n) is 8.93. The van der Waals surface area contributed by atoms with Crippen molar-refractivity contribution in [1.29, 1.82) is 0 Å². The van der Waals surface area contributed by atoms with E-state index in [1.807, 2.05) is 36.4 Å². The maximum absolute atomic E-state index is 12.5. The van der Waals surface area contributed by atoms with E-state index in [0.717, 1.165) is 5.56 Å². The lowest BCUT2D eigenvalue weighted by Crippen LogP contribution is -2.44. The van der Waals surface area contributed by atoms with E-state index in [-0.39, 0.29) is 13.0 Å². The zero-order chi connectivity index (χ0) is 20.4. The van der Waals surface area contributed by atoms with Gasteiger partial charge in [0.1, 0.15) is 23.9 Å². The normalized spacial score (nSPS) is 11.5. The molecule has 1 unspecified atom stereocenters. The molecule has 6 nitrogen and oxygen atoms in total. The summed E-state index contributed by atoms with van der Waals surface area (Å²) in [5, 5.41) is 2.54. The van der Waals surface area contributed by atoms with E-state index < -0.39 is 23.7 Å². The maximum atomic E-state index is 12.5. The number of nitrogens with one attached hydrogen (secondary N) is 1. The van der Waals surface area contributed by atoms with E-state index in [4.69, 9.17) is 9.47 Å². The van der Waals surface area contributed by atoms with E-state index in [0.29, 0.717) is 5.69 Å². The van der Waals surface area contributed by atoms with Crippen LogP contribution in [0, 0.1) is 11.8 Å². The van der Waals surface area contributed by atoms with Crippen LogP contribution in [0.2, 0.25) is 0 Å². The number of ether oxygens (including phenoxy) is 2. The highest BCUT2D eigenvalue weighted by Crippen LogP contribution is 2.08. The third-order valence-electron chi connectivity index (χ3n) is 3.39. The molecule has 2 rings (SSSR count). The van der Waals surface area contributed by atoms with Crippen molar-refractivity contribution >= 4 is 12.1 Å². The van der Waals surface area contributed by atoms with Crippen molar-refractivity contribution in [3.05, 3.63) is 66.0 Å². The number of amides is 1. The van der Waals surface area contributed by atoms with Crippen molar-refractivity contribution in [3.8, 4) is 11.8 Å². The van der Waals surface area contributed by atoms with Crippen LogP contribution in [0.25, 0.3) is 0 Å². The highest BCUT2D eigenvalue weighted by molar-refractivity contribution is 5.81. The van der Waals surface area contributed by atoms with Crippen LogP contribution in [0.1, 0.15) is 38.4 Å². The Hall–Kier alpha value is -3.33. The number of pyridine rings is 1. The second-order valence-electron chi connectivity index (χ2n) is 7.01. The minimum Gasteiger partial charge on any atom is -0.459 e. The Kier molecular flexibility index (Phi) is 7.58. The fraction of sp³-hybridized carbons (Fsp3) is 0.318. The third-order valence-corrected chi connectivity index (χ3v) is 3.39. The predicted octanol–water partition coefficient (Wildman–Crippen LogP) is 3.46. The number of rotatable bonds is 5. The molecular weight excluding hydrogens is 356 g/mol. The van der Waals surface area contributed by atoms with Gasteiger partial charge in [-0.05, 0) is 44.4 Å². The van der Waals surface area contributed by atoms with Crippen LogP contribution < -0.4 is 5.32 Å². The molecule has 1 aromatic heterocycles. The minimum atomic E-state index is -0.949. The zero-order valence-corrected chi connectivity index (χ0v) is 16.3. The number of hydrogen-bond donors (Lipinski definition) is 1. The van der Waals surface area contributed by atoms with Crippen molar-refractivity contribution in [1.82, 2.24) is 10.3 Å². The SMILES string of the molecule is CC(C)(C)OC(=O)NC(CC#Cc1ccccn1)C(=O)OCc1ccccc1. The van der Waals surface area contributed by atoms with Crippen molar-refractivity contribution in [3.63, 3.8) is 0 Å². The number of aromatic nitrogens is 1. The van der Waals surface area contributed by atoms with Crippen LogP contribution in [-0.2, 0) is 20.9 Å². The lowest BCUT2D eigenvalue weighted by Gasteiger charge is -2.22. The quantitative estimate of drug-likeness (QED) is 0.635. The van der Waals surface area contributed by atoms with Crippen LogP contribution in [0.4, 0.5) is 4.79 Å². The topological polar surface area (TPSA) is 77.5 Å². The lowest BCUT2D eigenvalue weighted by molar-refractivity contribution is -0.147. The first-order chi connectivity index (χ1) is 13.3. The van der Waals surface area contributed by atoms with Crippen LogP contribution in [0.15, 0.2) is 54.7 Å². The first-order valence-corrected chi connectivity index (χ1v) is 8.93. The Bertz CT molecular complexity index is 834. The molecule has 1 amide bonds. The van der Waals surface area contributed by atoms with Gasteiger partial charge < -0.3 is 14.8 Å². The van der Waals surface area contributed by atoms with Gasteiger partial charge in [-0.25, -0.2) is 14.6 Å². The molecule has 1 aromatic carbocycles. The number of hydrogen-bond acceptors (Lipinski definition) is 5. The number of benzene rings is 1.